The van der Waals surface area contributed by atoms with Crippen LogP contribution in [0.5, 0.6) is 0 Å². The summed E-state index contributed by atoms with van der Waals surface area (Å²) in [5.41, 5.74) is 0. The topological polar surface area (TPSA) is 21.3 Å². The minimum absolute atomic E-state index is 0. The molecule has 0 saturated carbocycles. The van der Waals surface area contributed by atoms with Crippen molar-refractivity contribution in [3.8, 4) is 0 Å². The van der Waals surface area contributed by atoms with E-state index in [0.717, 1.165) is 0 Å². The third kappa shape index (κ3) is 6.69. The van der Waals surface area contributed by atoms with E-state index in [0.29, 0.717) is 5.17 Å². The van der Waals surface area contributed by atoms with Crippen LogP contribution >= 0.6 is 12.2 Å². The zero-order valence-corrected chi connectivity index (χ0v) is 4.63. The number of ether oxygens (including phenoxy) is 1. The molecule has 0 aromatic carbocycles. The Balaban J connectivity index is 0. The fourth-order valence-corrected chi connectivity index (χ4v) is 0.102. The SMILES string of the molecule is CNC(=S)OC.[NaH]. The molecule has 0 rings (SSSR count). The summed E-state index contributed by atoms with van der Waals surface area (Å²) in [6.45, 7) is 0. The average Bonchev–Trinajstić information content (AvgIpc) is 1.65. The monoisotopic (exact) mass is 129 g/mol. The first-order chi connectivity index (χ1) is 2.81. The molecule has 0 atom stereocenters. The molecule has 0 aliphatic carbocycles. The summed E-state index contributed by atoms with van der Waals surface area (Å²) < 4.78 is 4.52. The Hall–Kier alpha value is 0.690. The van der Waals surface area contributed by atoms with Crippen molar-refractivity contribution in [2.24, 2.45) is 0 Å². The average molecular weight is 129 g/mol. The van der Waals surface area contributed by atoms with Crippen molar-refractivity contribution >= 4 is 46.9 Å². The Morgan fingerprint density at radius 3 is 2.14 bits per heavy atom. The first-order valence-corrected chi connectivity index (χ1v) is 1.97. The molecule has 1 N–H and O–H groups in total. The molecule has 0 saturated heterocycles. The van der Waals surface area contributed by atoms with Crippen molar-refractivity contribution in [2.75, 3.05) is 14.2 Å². The maximum absolute atomic E-state index is 4.52. The third-order valence-corrected chi connectivity index (χ3v) is 0.760. The van der Waals surface area contributed by atoms with Gasteiger partial charge >= 0.3 is 29.6 Å². The summed E-state index contributed by atoms with van der Waals surface area (Å²) in [6.07, 6.45) is 0. The summed E-state index contributed by atoms with van der Waals surface area (Å²) in [5, 5.41) is 3.05. The van der Waals surface area contributed by atoms with Crippen LogP contribution in [0.2, 0.25) is 0 Å². The van der Waals surface area contributed by atoms with Gasteiger partial charge in [-0.05, 0) is 12.2 Å². The first-order valence-electron chi connectivity index (χ1n) is 1.57. The van der Waals surface area contributed by atoms with Gasteiger partial charge < -0.3 is 10.1 Å². The zero-order valence-electron chi connectivity index (χ0n) is 3.82. The van der Waals surface area contributed by atoms with Crippen molar-refractivity contribution in [1.29, 1.82) is 0 Å². The molecule has 0 heterocycles. The van der Waals surface area contributed by atoms with Crippen molar-refractivity contribution in [3.63, 3.8) is 0 Å². The standard InChI is InChI=1S/C3H7NOS.Na.H/c1-4-3(6)5-2;;/h1-2H3,(H,4,6);;. The second-order valence-electron chi connectivity index (χ2n) is 0.742. The molecule has 7 heavy (non-hydrogen) atoms. The van der Waals surface area contributed by atoms with Crippen molar-refractivity contribution < 1.29 is 4.74 Å². The molecule has 0 aliphatic rings. The molecule has 0 spiro atoms. The number of nitrogens with one attached hydrogen (secondary N) is 1. The van der Waals surface area contributed by atoms with Gasteiger partial charge in [-0.25, -0.2) is 0 Å². The van der Waals surface area contributed by atoms with E-state index in [4.69, 9.17) is 0 Å². The van der Waals surface area contributed by atoms with Crippen molar-refractivity contribution in [1.82, 2.24) is 5.32 Å². The van der Waals surface area contributed by atoms with Crippen LogP contribution in [-0.2, 0) is 4.74 Å². The zero-order chi connectivity index (χ0) is 4.99. The van der Waals surface area contributed by atoms with E-state index in [1.54, 1.807) is 7.05 Å². The van der Waals surface area contributed by atoms with E-state index in [1.165, 1.54) is 7.11 Å². The van der Waals surface area contributed by atoms with Crippen LogP contribution in [0.1, 0.15) is 0 Å². The van der Waals surface area contributed by atoms with Crippen LogP contribution in [0.15, 0.2) is 0 Å². The fourth-order valence-electron chi connectivity index (χ4n) is 0.102. The molecule has 38 valence electrons. The van der Waals surface area contributed by atoms with E-state index in [2.05, 4.69) is 22.3 Å². The Labute approximate surface area is 70.9 Å². The molecule has 0 radical (unpaired) electrons. The van der Waals surface area contributed by atoms with Crippen LogP contribution in [0.4, 0.5) is 0 Å². The molecular weight excluding hydrogens is 121 g/mol. The van der Waals surface area contributed by atoms with Crippen LogP contribution in [-0.4, -0.2) is 48.9 Å². The van der Waals surface area contributed by atoms with Gasteiger partial charge in [-0.2, -0.15) is 0 Å². The molecule has 0 aliphatic heterocycles. The van der Waals surface area contributed by atoms with Gasteiger partial charge in [-0.3, -0.25) is 0 Å². The van der Waals surface area contributed by atoms with E-state index in [9.17, 15) is 0 Å². The first kappa shape index (κ1) is 10.6. The van der Waals surface area contributed by atoms with Gasteiger partial charge in [-0.1, -0.05) is 0 Å². The summed E-state index contributed by atoms with van der Waals surface area (Å²) in [4.78, 5) is 0. The van der Waals surface area contributed by atoms with Gasteiger partial charge in [0.15, 0.2) is 0 Å². The minimum atomic E-state index is 0. The van der Waals surface area contributed by atoms with E-state index in [-0.39, 0.29) is 29.6 Å². The Morgan fingerprint density at radius 1 is 1.71 bits per heavy atom. The Kier molecular flexibility index (Phi) is 10.2. The molecular formula is C3H8NNaOS. The molecule has 2 nitrogen and oxygen atoms in total. The molecule has 0 aromatic heterocycles. The predicted octanol–water partition coefficient (Wildman–Crippen LogP) is -0.511. The van der Waals surface area contributed by atoms with Crippen LogP contribution in [0.3, 0.4) is 0 Å². The number of hydrogen-bond donors (Lipinski definition) is 1. The quantitative estimate of drug-likeness (QED) is 0.351. The van der Waals surface area contributed by atoms with E-state index < -0.39 is 0 Å². The number of methoxy groups -OCH3 is 1. The van der Waals surface area contributed by atoms with Gasteiger partial charge in [0, 0.05) is 7.05 Å². The maximum atomic E-state index is 4.52. The molecule has 0 bridgehead atoms. The number of thiocarbonyl (C=S) groups is 1. The molecule has 0 unspecified atom stereocenters. The van der Waals surface area contributed by atoms with Crippen LogP contribution in [0, 0.1) is 0 Å². The van der Waals surface area contributed by atoms with E-state index in [1.807, 2.05) is 0 Å². The summed E-state index contributed by atoms with van der Waals surface area (Å²) in [6, 6.07) is 0. The third-order valence-electron chi connectivity index (χ3n) is 0.390. The van der Waals surface area contributed by atoms with Gasteiger partial charge in [0.2, 0.25) is 0 Å². The Morgan fingerprint density at radius 2 is 2.14 bits per heavy atom. The van der Waals surface area contributed by atoms with Gasteiger partial charge in [0.05, 0.1) is 7.11 Å². The van der Waals surface area contributed by atoms with Gasteiger partial charge in [-0.15, -0.1) is 0 Å². The second kappa shape index (κ2) is 6.69. The van der Waals surface area contributed by atoms with Crippen LogP contribution in [0.25, 0.3) is 0 Å². The van der Waals surface area contributed by atoms with Gasteiger partial charge in [0.25, 0.3) is 5.17 Å². The van der Waals surface area contributed by atoms with E-state index >= 15 is 0 Å². The second-order valence-corrected chi connectivity index (χ2v) is 1.11. The normalized spacial score (nSPS) is 6.00. The summed E-state index contributed by atoms with van der Waals surface area (Å²) in [5.74, 6) is 0. The van der Waals surface area contributed by atoms with Gasteiger partial charge in [0.1, 0.15) is 0 Å². The molecule has 0 fully saturated rings. The molecule has 4 heteroatoms. The summed E-state index contributed by atoms with van der Waals surface area (Å²) >= 11 is 4.52. The number of rotatable bonds is 0. The summed E-state index contributed by atoms with van der Waals surface area (Å²) in [7, 11) is 3.24. The predicted molar refractivity (Wildman–Crippen MR) is 35.8 cm³/mol. The fraction of sp³-hybridized carbons (Fsp3) is 0.667. The molecule has 0 aromatic rings. The van der Waals surface area contributed by atoms with Crippen LogP contribution < -0.4 is 5.32 Å². The number of hydrogen-bond acceptors (Lipinski definition) is 2. The van der Waals surface area contributed by atoms with Crippen molar-refractivity contribution in [3.05, 3.63) is 0 Å². The van der Waals surface area contributed by atoms with Crippen molar-refractivity contribution in [2.45, 2.75) is 0 Å². The molecule has 0 amide bonds. The Bertz CT molecular complexity index is 52.9.